The van der Waals surface area contributed by atoms with Crippen molar-refractivity contribution in [1.29, 1.82) is 0 Å². The fourth-order valence-electron chi connectivity index (χ4n) is 2.46. The van der Waals surface area contributed by atoms with E-state index in [1.807, 2.05) is 25.1 Å². The average Bonchev–Trinajstić information content (AvgIpc) is 2.65. The second-order valence-corrected chi connectivity index (χ2v) is 6.37. The van der Waals surface area contributed by atoms with Crippen molar-refractivity contribution in [3.05, 3.63) is 95.0 Å². The third kappa shape index (κ3) is 5.47. The molecule has 0 aliphatic carbocycles. The molecule has 0 atom stereocenters. The van der Waals surface area contributed by atoms with Crippen molar-refractivity contribution in [2.45, 2.75) is 13.5 Å². The summed E-state index contributed by atoms with van der Waals surface area (Å²) in [5.41, 5.74) is 1.61. The van der Waals surface area contributed by atoms with E-state index < -0.39 is 11.7 Å². The van der Waals surface area contributed by atoms with Gasteiger partial charge in [0.25, 0.3) is 5.91 Å². The van der Waals surface area contributed by atoms with Crippen molar-refractivity contribution in [3.8, 4) is 11.5 Å². The highest BCUT2D eigenvalue weighted by Crippen LogP contribution is 2.23. The fraction of sp³-hybridized carbons (Fsp3) is 0.136. The van der Waals surface area contributed by atoms with Gasteiger partial charge in [-0.1, -0.05) is 43.0 Å². The second kappa shape index (κ2) is 9.76. The minimum absolute atomic E-state index is 0.000893. The zero-order chi connectivity index (χ0) is 20.7. The Morgan fingerprint density at radius 2 is 2.04 bits per heavy atom. The molecule has 0 saturated heterocycles. The van der Waals surface area contributed by atoms with Crippen molar-refractivity contribution in [1.82, 2.24) is 5.32 Å². The van der Waals surface area contributed by atoms with Gasteiger partial charge in [0.2, 0.25) is 0 Å². The van der Waals surface area contributed by atoms with E-state index in [1.165, 1.54) is 25.3 Å². The van der Waals surface area contributed by atoms with E-state index in [9.17, 15) is 9.18 Å². The van der Waals surface area contributed by atoms with Gasteiger partial charge < -0.3 is 14.8 Å². The highest BCUT2D eigenvalue weighted by molar-refractivity contribution is 6.35. The molecule has 6 heteroatoms. The van der Waals surface area contributed by atoms with Crippen molar-refractivity contribution < 1.29 is 18.7 Å². The quantitative estimate of drug-likeness (QED) is 0.383. The Hall–Kier alpha value is -3.05. The lowest BCUT2D eigenvalue weighted by Crippen LogP contribution is -2.26. The molecular weight excluding hydrogens is 381 g/mol. The molecule has 0 spiro atoms. The summed E-state index contributed by atoms with van der Waals surface area (Å²) in [5.74, 6) is -0.190. The van der Waals surface area contributed by atoms with Gasteiger partial charge in [0.05, 0.1) is 12.7 Å². The number of amides is 1. The molecule has 0 bridgehead atoms. The van der Waals surface area contributed by atoms with Crippen LogP contribution in [-0.2, 0) is 11.3 Å². The maximum atomic E-state index is 13.8. The van der Waals surface area contributed by atoms with Crippen LogP contribution in [0.5, 0.6) is 11.5 Å². The number of ether oxygens (including phenoxy) is 2. The molecule has 1 N–H and O–H groups in total. The van der Waals surface area contributed by atoms with Gasteiger partial charge in [-0.15, -0.1) is 0 Å². The van der Waals surface area contributed by atoms with Crippen LogP contribution >= 0.6 is 11.6 Å². The topological polar surface area (TPSA) is 47.6 Å². The van der Waals surface area contributed by atoms with Crippen molar-refractivity contribution in [2.75, 3.05) is 7.11 Å². The van der Waals surface area contributed by atoms with Gasteiger partial charge in [-0.05, 0) is 48.4 Å². The highest BCUT2D eigenvalue weighted by atomic mass is 35.5. The number of rotatable bonds is 8. The summed E-state index contributed by atoms with van der Waals surface area (Å²) in [6.45, 7) is 9.34. The molecule has 2 aromatic rings. The molecular formula is C22H21ClFNO3. The van der Waals surface area contributed by atoms with Gasteiger partial charge in [0.15, 0.2) is 11.6 Å². The van der Waals surface area contributed by atoms with Crippen LogP contribution in [-0.4, -0.2) is 13.0 Å². The molecule has 0 heterocycles. The molecule has 2 aromatic carbocycles. The number of carbonyl (C=O) groups excluding carboxylic acids is 1. The van der Waals surface area contributed by atoms with Crippen LogP contribution in [0.3, 0.4) is 0 Å². The maximum absolute atomic E-state index is 13.8. The summed E-state index contributed by atoms with van der Waals surface area (Å²) in [6.07, 6.45) is 1.39. The summed E-state index contributed by atoms with van der Waals surface area (Å²) in [4.78, 5) is 12.7. The number of allylic oxidation sites excluding steroid dienone is 1. The molecule has 4 nitrogen and oxygen atoms in total. The average molecular weight is 402 g/mol. The van der Waals surface area contributed by atoms with Crippen LogP contribution in [0.15, 0.2) is 78.1 Å². The van der Waals surface area contributed by atoms with Gasteiger partial charge in [-0.3, -0.25) is 4.79 Å². The van der Waals surface area contributed by atoms with Crippen LogP contribution in [0.25, 0.3) is 0 Å². The molecule has 0 saturated carbocycles. The molecule has 0 aliphatic heterocycles. The van der Waals surface area contributed by atoms with Crippen LogP contribution in [0.1, 0.15) is 11.1 Å². The summed E-state index contributed by atoms with van der Waals surface area (Å²) in [7, 11) is 1.38. The predicted octanol–water partition coefficient (Wildman–Crippen LogP) is 5.03. The standard InChI is InChI=1S/C22H21ClFNO3/c1-5-19(28-17-8-6-7-14(2)11-17)21(15(3)23)22(26)25-13-16-9-10-20(27-4)18(24)12-16/h5-12H,1,3,13H2,2,4H3,(H,25,26)/b21-19-. The first-order valence-corrected chi connectivity index (χ1v) is 8.80. The number of hydrogen-bond acceptors (Lipinski definition) is 3. The second-order valence-electron chi connectivity index (χ2n) is 5.92. The number of methoxy groups -OCH3 is 1. The predicted molar refractivity (Wildman–Crippen MR) is 109 cm³/mol. The third-order valence-corrected chi connectivity index (χ3v) is 4.01. The van der Waals surface area contributed by atoms with Gasteiger partial charge in [-0.2, -0.15) is 0 Å². The molecule has 0 fully saturated rings. The van der Waals surface area contributed by atoms with Crippen LogP contribution in [0, 0.1) is 12.7 Å². The van der Waals surface area contributed by atoms with Gasteiger partial charge in [-0.25, -0.2) is 4.39 Å². The lowest BCUT2D eigenvalue weighted by Gasteiger charge is -2.14. The molecule has 28 heavy (non-hydrogen) atoms. The largest absolute Gasteiger partial charge is 0.494 e. The molecule has 0 aliphatic rings. The van der Waals surface area contributed by atoms with Crippen LogP contribution < -0.4 is 14.8 Å². The minimum atomic E-state index is -0.515. The van der Waals surface area contributed by atoms with E-state index in [1.54, 1.807) is 12.1 Å². The van der Waals surface area contributed by atoms with E-state index in [-0.39, 0.29) is 28.7 Å². The molecule has 0 unspecified atom stereocenters. The first-order valence-electron chi connectivity index (χ1n) is 8.42. The fourth-order valence-corrected chi connectivity index (χ4v) is 2.64. The van der Waals surface area contributed by atoms with Crippen molar-refractivity contribution in [3.63, 3.8) is 0 Å². The molecule has 146 valence electrons. The molecule has 2 rings (SSSR count). The third-order valence-electron chi connectivity index (χ3n) is 3.82. The Bertz CT molecular complexity index is 937. The van der Waals surface area contributed by atoms with E-state index in [0.29, 0.717) is 11.3 Å². The number of hydrogen-bond donors (Lipinski definition) is 1. The zero-order valence-corrected chi connectivity index (χ0v) is 16.5. The van der Waals surface area contributed by atoms with Gasteiger partial charge >= 0.3 is 0 Å². The number of nitrogens with one attached hydrogen (secondary N) is 1. The molecule has 0 radical (unpaired) electrons. The normalized spacial score (nSPS) is 11.3. The van der Waals surface area contributed by atoms with Crippen LogP contribution in [0.2, 0.25) is 0 Å². The number of aryl methyl sites for hydroxylation is 1. The first kappa shape index (κ1) is 21.3. The lowest BCUT2D eigenvalue weighted by molar-refractivity contribution is -0.117. The summed E-state index contributed by atoms with van der Waals surface area (Å²) < 4.78 is 24.5. The Morgan fingerprint density at radius 3 is 2.61 bits per heavy atom. The summed E-state index contributed by atoms with van der Waals surface area (Å²) >= 11 is 6.04. The Morgan fingerprint density at radius 1 is 1.29 bits per heavy atom. The summed E-state index contributed by atoms with van der Waals surface area (Å²) in [5, 5.41) is 2.68. The Balaban J connectivity index is 2.21. The number of carbonyl (C=O) groups is 1. The lowest BCUT2D eigenvalue weighted by atomic mass is 10.1. The van der Waals surface area contributed by atoms with Crippen molar-refractivity contribution >= 4 is 17.5 Å². The van der Waals surface area contributed by atoms with Gasteiger partial charge in [0.1, 0.15) is 11.5 Å². The molecule has 0 aromatic heterocycles. The zero-order valence-electron chi connectivity index (χ0n) is 15.7. The van der Waals surface area contributed by atoms with E-state index in [0.717, 1.165) is 5.56 Å². The maximum Gasteiger partial charge on any atom is 0.256 e. The molecule has 1 amide bonds. The highest BCUT2D eigenvalue weighted by Gasteiger charge is 2.18. The summed E-state index contributed by atoms with van der Waals surface area (Å²) in [6, 6.07) is 11.8. The number of halogens is 2. The van der Waals surface area contributed by atoms with E-state index >= 15 is 0 Å². The minimum Gasteiger partial charge on any atom is -0.494 e. The van der Waals surface area contributed by atoms with Gasteiger partial charge in [0, 0.05) is 11.6 Å². The number of benzene rings is 2. The van der Waals surface area contributed by atoms with E-state index in [4.69, 9.17) is 21.1 Å². The van der Waals surface area contributed by atoms with Crippen LogP contribution in [0.4, 0.5) is 4.39 Å². The monoisotopic (exact) mass is 401 g/mol. The first-order chi connectivity index (χ1) is 13.3. The Labute approximate surface area is 168 Å². The van der Waals surface area contributed by atoms with E-state index in [2.05, 4.69) is 18.5 Å². The SMILES string of the molecule is C=C/C(Oc1cccc(C)c1)=C(\C(=C)Cl)C(=O)NCc1ccc(OC)c(F)c1. The smallest absolute Gasteiger partial charge is 0.256 e. The Kier molecular flexibility index (Phi) is 7.41. The van der Waals surface area contributed by atoms with Crippen molar-refractivity contribution in [2.24, 2.45) is 0 Å².